The topological polar surface area (TPSA) is 88.1 Å². The number of carboxylic acid groups (broad SMARTS) is 1. The molecule has 1 aliphatic heterocycles. The average molecular weight is 300 g/mol. The number of nitrogens with zero attached hydrogens (tertiary/aromatic N) is 1. The van der Waals surface area contributed by atoms with E-state index in [1.54, 1.807) is 19.1 Å². The van der Waals surface area contributed by atoms with Crippen molar-refractivity contribution in [1.29, 1.82) is 0 Å². The monoisotopic (exact) mass is 300 g/mol. The molecule has 2 unspecified atom stereocenters. The van der Waals surface area contributed by atoms with Gasteiger partial charge >= 0.3 is 12.0 Å². The Morgan fingerprint density at radius 2 is 1.71 bits per heavy atom. The molecule has 120 valence electrons. The summed E-state index contributed by atoms with van der Waals surface area (Å²) >= 11 is 0. The van der Waals surface area contributed by atoms with E-state index in [1.165, 1.54) is 0 Å². The number of hydrogen-bond donors (Lipinski definition) is 2. The van der Waals surface area contributed by atoms with Crippen LogP contribution in [0.4, 0.5) is 4.79 Å². The number of urea groups is 1. The highest BCUT2D eigenvalue weighted by Gasteiger charge is 2.41. The Hall–Kier alpha value is -1.34. The Morgan fingerprint density at radius 3 is 2.14 bits per heavy atom. The standard InChI is InChI=1S/C14H24N2O5/c1-20-10-8-16(9-11(10)21-2)13(19)15-14(7-12(17)18)5-3-4-6-14/h10-11H,3-9H2,1-2H3,(H,15,19)(H,17,18). The van der Waals surface area contributed by atoms with Crippen molar-refractivity contribution in [2.75, 3.05) is 27.3 Å². The van der Waals surface area contributed by atoms with Gasteiger partial charge in [-0.1, -0.05) is 12.8 Å². The fourth-order valence-electron chi connectivity index (χ4n) is 3.36. The van der Waals surface area contributed by atoms with Gasteiger partial charge < -0.3 is 24.8 Å². The van der Waals surface area contributed by atoms with E-state index in [1.807, 2.05) is 0 Å². The molecule has 2 fully saturated rings. The van der Waals surface area contributed by atoms with Gasteiger partial charge in [0, 0.05) is 14.2 Å². The molecule has 2 aliphatic rings. The number of likely N-dealkylation sites (tertiary alicyclic amines) is 1. The summed E-state index contributed by atoms with van der Waals surface area (Å²) in [5, 5.41) is 12.0. The highest BCUT2D eigenvalue weighted by atomic mass is 16.5. The molecule has 1 saturated heterocycles. The normalized spacial score (nSPS) is 27.8. The van der Waals surface area contributed by atoms with Crippen LogP contribution in [-0.4, -0.2) is 67.1 Å². The van der Waals surface area contributed by atoms with Crippen molar-refractivity contribution >= 4 is 12.0 Å². The van der Waals surface area contributed by atoms with Crippen LogP contribution in [0.25, 0.3) is 0 Å². The van der Waals surface area contributed by atoms with Crippen molar-refractivity contribution in [2.24, 2.45) is 0 Å². The summed E-state index contributed by atoms with van der Waals surface area (Å²) in [6.07, 6.45) is 3.05. The maximum Gasteiger partial charge on any atom is 0.318 e. The van der Waals surface area contributed by atoms with Crippen LogP contribution in [-0.2, 0) is 14.3 Å². The second-order valence-electron chi connectivity index (χ2n) is 5.94. The van der Waals surface area contributed by atoms with E-state index in [2.05, 4.69) is 5.32 Å². The van der Waals surface area contributed by atoms with Gasteiger partial charge in [-0.15, -0.1) is 0 Å². The second kappa shape index (κ2) is 6.62. The first-order valence-electron chi connectivity index (χ1n) is 7.34. The first kappa shape index (κ1) is 16.0. The summed E-state index contributed by atoms with van der Waals surface area (Å²) in [6, 6.07) is -0.222. The van der Waals surface area contributed by atoms with E-state index < -0.39 is 11.5 Å². The van der Waals surface area contributed by atoms with Crippen LogP contribution in [0.5, 0.6) is 0 Å². The zero-order valence-corrected chi connectivity index (χ0v) is 12.6. The van der Waals surface area contributed by atoms with E-state index in [0.717, 1.165) is 25.7 Å². The van der Waals surface area contributed by atoms with Crippen molar-refractivity contribution in [3.05, 3.63) is 0 Å². The molecule has 2 N–H and O–H groups in total. The molecule has 2 amide bonds. The molecule has 1 saturated carbocycles. The fraction of sp³-hybridized carbons (Fsp3) is 0.857. The lowest BCUT2D eigenvalue weighted by Gasteiger charge is -2.31. The summed E-state index contributed by atoms with van der Waals surface area (Å²) < 4.78 is 10.6. The first-order chi connectivity index (χ1) is 9.99. The van der Waals surface area contributed by atoms with Crippen LogP contribution in [0.1, 0.15) is 32.1 Å². The van der Waals surface area contributed by atoms with Crippen LogP contribution in [0.2, 0.25) is 0 Å². The molecule has 0 aromatic heterocycles. The molecule has 0 aromatic rings. The first-order valence-corrected chi connectivity index (χ1v) is 7.34. The molecule has 0 aromatic carbocycles. The van der Waals surface area contributed by atoms with Crippen molar-refractivity contribution in [3.8, 4) is 0 Å². The van der Waals surface area contributed by atoms with E-state index in [9.17, 15) is 9.59 Å². The Bertz CT molecular complexity index is 383. The maximum atomic E-state index is 12.4. The van der Waals surface area contributed by atoms with Gasteiger partial charge in [-0.3, -0.25) is 4.79 Å². The summed E-state index contributed by atoms with van der Waals surface area (Å²) in [6.45, 7) is 0.925. The van der Waals surface area contributed by atoms with Gasteiger partial charge in [0.2, 0.25) is 0 Å². The third kappa shape index (κ3) is 3.65. The van der Waals surface area contributed by atoms with Crippen LogP contribution in [0.15, 0.2) is 0 Å². The molecule has 2 rings (SSSR count). The van der Waals surface area contributed by atoms with Crippen LogP contribution in [0, 0.1) is 0 Å². The summed E-state index contributed by atoms with van der Waals surface area (Å²) in [4.78, 5) is 25.1. The summed E-state index contributed by atoms with van der Waals surface area (Å²) in [5.74, 6) is -0.872. The number of nitrogens with one attached hydrogen (secondary N) is 1. The van der Waals surface area contributed by atoms with Gasteiger partial charge in [-0.25, -0.2) is 4.79 Å². The number of rotatable bonds is 5. The van der Waals surface area contributed by atoms with E-state index in [0.29, 0.717) is 13.1 Å². The predicted molar refractivity (Wildman–Crippen MR) is 75.2 cm³/mol. The third-order valence-corrected chi connectivity index (χ3v) is 4.53. The van der Waals surface area contributed by atoms with Crippen LogP contribution >= 0.6 is 0 Å². The van der Waals surface area contributed by atoms with E-state index in [4.69, 9.17) is 14.6 Å². The summed E-state index contributed by atoms with van der Waals surface area (Å²) in [5.41, 5.74) is -0.601. The lowest BCUT2D eigenvalue weighted by molar-refractivity contribution is -0.138. The number of ether oxygens (including phenoxy) is 2. The third-order valence-electron chi connectivity index (χ3n) is 4.53. The van der Waals surface area contributed by atoms with Crippen molar-refractivity contribution in [2.45, 2.75) is 49.9 Å². The van der Waals surface area contributed by atoms with Crippen molar-refractivity contribution in [1.82, 2.24) is 10.2 Å². The Balaban J connectivity index is 1.98. The molecule has 21 heavy (non-hydrogen) atoms. The summed E-state index contributed by atoms with van der Waals surface area (Å²) in [7, 11) is 3.20. The Morgan fingerprint density at radius 1 is 1.19 bits per heavy atom. The van der Waals surface area contributed by atoms with Gasteiger partial charge in [0.15, 0.2) is 0 Å². The molecule has 7 heteroatoms. The molecular weight excluding hydrogens is 276 g/mol. The minimum Gasteiger partial charge on any atom is -0.481 e. The van der Waals surface area contributed by atoms with Crippen LogP contribution < -0.4 is 5.32 Å². The highest BCUT2D eigenvalue weighted by molar-refractivity contribution is 5.77. The van der Waals surface area contributed by atoms with Gasteiger partial charge in [-0.05, 0) is 12.8 Å². The quantitative estimate of drug-likeness (QED) is 0.785. The lowest BCUT2D eigenvalue weighted by Crippen LogP contribution is -2.52. The SMILES string of the molecule is COC1CN(C(=O)NC2(CC(=O)O)CCCC2)CC1OC. The van der Waals surface area contributed by atoms with Gasteiger partial charge in [0.05, 0.1) is 25.0 Å². The van der Waals surface area contributed by atoms with Gasteiger partial charge in [0.25, 0.3) is 0 Å². The Labute approximate surface area is 124 Å². The second-order valence-corrected chi connectivity index (χ2v) is 5.94. The van der Waals surface area contributed by atoms with Crippen LogP contribution in [0.3, 0.4) is 0 Å². The minimum absolute atomic E-state index is 0.0198. The lowest BCUT2D eigenvalue weighted by atomic mass is 9.93. The number of amides is 2. The maximum absolute atomic E-state index is 12.4. The number of carbonyl (C=O) groups is 2. The molecule has 2 atom stereocenters. The van der Waals surface area contributed by atoms with Gasteiger partial charge in [-0.2, -0.15) is 0 Å². The smallest absolute Gasteiger partial charge is 0.318 e. The fourth-order valence-corrected chi connectivity index (χ4v) is 3.36. The molecule has 0 spiro atoms. The zero-order valence-electron chi connectivity index (χ0n) is 12.6. The molecule has 0 bridgehead atoms. The molecule has 1 aliphatic carbocycles. The van der Waals surface area contributed by atoms with E-state index in [-0.39, 0.29) is 24.7 Å². The number of hydrogen-bond acceptors (Lipinski definition) is 4. The number of aliphatic carboxylic acids is 1. The van der Waals surface area contributed by atoms with Crippen molar-refractivity contribution < 1.29 is 24.2 Å². The predicted octanol–water partition coefficient (Wildman–Crippen LogP) is 0.829. The number of methoxy groups -OCH3 is 2. The zero-order chi connectivity index (χ0) is 15.5. The van der Waals surface area contributed by atoms with E-state index >= 15 is 0 Å². The average Bonchev–Trinajstić information content (AvgIpc) is 3.04. The largest absolute Gasteiger partial charge is 0.481 e. The molecule has 0 radical (unpaired) electrons. The number of carbonyl (C=O) groups excluding carboxylic acids is 1. The minimum atomic E-state index is -0.872. The molecule has 7 nitrogen and oxygen atoms in total. The highest BCUT2D eigenvalue weighted by Crippen LogP contribution is 2.33. The van der Waals surface area contributed by atoms with Crippen molar-refractivity contribution in [3.63, 3.8) is 0 Å². The molecule has 1 heterocycles. The number of carboxylic acids is 1. The molecular formula is C14H24N2O5. The Kier molecular flexibility index (Phi) is 5.05. The van der Waals surface area contributed by atoms with Gasteiger partial charge in [0.1, 0.15) is 12.2 Å².